The average Bonchev–Trinajstić information content (AvgIpc) is 2.70. The number of amides is 1. The van der Waals surface area contributed by atoms with E-state index in [1.54, 1.807) is 11.6 Å². The van der Waals surface area contributed by atoms with Crippen molar-refractivity contribution >= 4 is 5.91 Å². The van der Waals surface area contributed by atoms with Gasteiger partial charge in [0, 0.05) is 6.08 Å². The number of hydrogen-bond donors (Lipinski definition) is 3. The molecule has 0 radical (unpaired) electrons. The molecule has 4 heteroatoms. The molecule has 0 aromatic rings. The van der Waals surface area contributed by atoms with Gasteiger partial charge in [-0.05, 0) is 43.5 Å². The minimum Gasteiger partial charge on any atom is -0.316 e. The van der Waals surface area contributed by atoms with E-state index in [1.807, 2.05) is 6.08 Å². The second kappa shape index (κ2) is 10.2. The minimum atomic E-state index is -0.511. The summed E-state index contributed by atoms with van der Waals surface area (Å²) in [5.74, 6) is -0.511. The van der Waals surface area contributed by atoms with E-state index in [4.69, 9.17) is 5.21 Å². The van der Waals surface area contributed by atoms with Crippen LogP contribution in [-0.4, -0.2) is 24.2 Å². The molecule has 0 fully saturated rings. The summed E-state index contributed by atoms with van der Waals surface area (Å²) in [4.78, 5) is 10.9. The minimum absolute atomic E-state index is 0.511. The van der Waals surface area contributed by atoms with Crippen LogP contribution in [0.4, 0.5) is 0 Å². The maximum absolute atomic E-state index is 10.9. The van der Waals surface area contributed by atoms with Crippen LogP contribution in [-0.2, 0) is 4.79 Å². The van der Waals surface area contributed by atoms with Crippen molar-refractivity contribution in [1.82, 2.24) is 10.8 Å². The van der Waals surface area contributed by atoms with Crippen molar-refractivity contribution in [2.75, 3.05) is 13.1 Å². The van der Waals surface area contributed by atoms with E-state index in [1.165, 1.54) is 24.5 Å². The summed E-state index contributed by atoms with van der Waals surface area (Å²) in [6, 6.07) is 0. The Labute approximate surface area is 120 Å². The fraction of sp³-hybridized carbons (Fsp3) is 0.438. The van der Waals surface area contributed by atoms with Gasteiger partial charge in [0.15, 0.2) is 0 Å². The Morgan fingerprint density at radius 1 is 1.40 bits per heavy atom. The lowest BCUT2D eigenvalue weighted by molar-refractivity contribution is -0.124. The zero-order chi connectivity index (χ0) is 14.6. The third kappa shape index (κ3) is 7.07. The maximum Gasteiger partial charge on any atom is 0.267 e. The molecule has 0 saturated heterocycles. The molecule has 1 rings (SSSR count). The fourth-order valence-electron chi connectivity index (χ4n) is 1.85. The van der Waals surface area contributed by atoms with E-state index >= 15 is 0 Å². The molecule has 0 spiro atoms. The fourth-order valence-corrected chi connectivity index (χ4v) is 1.85. The number of carbonyl (C=O) groups is 1. The van der Waals surface area contributed by atoms with Crippen molar-refractivity contribution in [3.63, 3.8) is 0 Å². The van der Waals surface area contributed by atoms with Crippen LogP contribution in [0.1, 0.15) is 32.6 Å². The summed E-state index contributed by atoms with van der Waals surface area (Å²) in [7, 11) is 0. The highest BCUT2D eigenvalue weighted by Crippen LogP contribution is 2.14. The molecule has 1 amide bonds. The molecular formula is C16H24N2O2. The Balaban J connectivity index is 2.42. The van der Waals surface area contributed by atoms with Gasteiger partial charge < -0.3 is 5.32 Å². The monoisotopic (exact) mass is 276 g/mol. The molecule has 4 nitrogen and oxygen atoms in total. The van der Waals surface area contributed by atoms with Gasteiger partial charge in [-0.3, -0.25) is 10.0 Å². The van der Waals surface area contributed by atoms with Crippen LogP contribution in [0.2, 0.25) is 0 Å². The average molecular weight is 276 g/mol. The highest BCUT2D eigenvalue weighted by Gasteiger charge is 1.98. The Bertz CT molecular complexity index is 420. The van der Waals surface area contributed by atoms with Crippen LogP contribution in [0.25, 0.3) is 0 Å². The molecule has 1 aliphatic carbocycles. The highest BCUT2D eigenvalue weighted by atomic mass is 16.5. The Morgan fingerprint density at radius 2 is 2.25 bits per heavy atom. The van der Waals surface area contributed by atoms with Gasteiger partial charge in [0.05, 0.1) is 0 Å². The zero-order valence-electron chi connectivity index (χ0n) is 12.1. The van der Waals surface area contributed by atoms with Crippen molar-refractivity contribution in [3.05, 3.63) is 47.6 Å². The topological polar surface area (TPSA) is 61.4 Å². The number of unbranched alkanes of at least 4 members (excludes halogenated alkanes) is 1. The molecule has 1 aliphatic rings. The smallest absolute Gasteiger partial charge is 0.267 e. The molecule has 110 valence electrons. The van der Waals surface area contributed by atoms with E-state index in [0.717, 1.165) is 31.5 Å². The molecule has 0 atom stereocenters. The van der Waals surface area contributed by atoms with Gasteiger partial charge in [-0.15, -0.1) is 0 Å². The summed E-state index contributed by atoms with van der Waals surface area (Å²) in [6.45, 7) is 4.25. The molecule has 3 N–H and O–H groups in total. The second-order valence-electron chi connectivity index (χ2n) is 4.75. The number of carbonyl (C=O) groups excluding carboxylic acids is 1. The molecule has 0 unspecified atom stereocenters. The normalized spacial score (nSPS) is 14.9. The highest BCUT2D eigenvalue weighted by molar-refractivity contribution is 5.86. The summed E-state index contributed by atoms with van der Waals surface area (Å²) in [5, 5.41) is 11.8. The predicted octanol–water partition coefficient (Wildman–Crippen LogP) is 2.64. The van der Waals surface area contributed by atoms with Gasteiger partial charge >= 0.3 is 0 Å². The van der Waals surface area contributed by atoms with Gasteiger partial charge in [-0.2, -0.15) is 0 Å². The van der Waals surface area contributed by atoms with E-state index in [2.05, 4.69) is 30.5 Å². The molecule has 0 bridgehead atoms. The van der Waals surface area contributed by atoms with Crippen molar-refractivity contribution in [2.24, 2.45) is 0 Å². The standard InChI is InChI=1S/C16H24N2O2/c1-2-3-12-17-13-11-15-6-4-5-14(7-8-15)9-10-16(19)18-20/h4,6-10,17,20H,2-3,5,11-13H2,1H3,(H,18,19)/b10-9+. The second-order valence-corrected chi connectivity index (χ2v) is 4.75. The van der Waals surface area contributed by atoms with Crippen molar-refractivity contribution in [2.45, 2.75) is 32.6 Å². The van der Waals surface area contributed by atoms with Crippen molar-refractivity contribution < 1.29 is 10.0 Å². The lowest BCUT2D eigenvalue weighted by atomic mass is 10.1. The van der Waals surface area contributed by atoms with E-state index in [9.17, 15) is 4.79 Å². The zero-order valence-corrected chi connectivity index (χ0v) is 12.1. The first-order chi connectivity index (χ1) is 9.76. The lowest BCUT2D eigenvalue weighted by Crippen LogP contribution is -2.16. The number of rotatable bonds is 8. The summed E-state index contributed by atoms with van der Waals surface area (Å²) in [5.41, 5.74) is 3.90. The SMILES string of the molecule is CCCCNCCC1=CC=C(/C=C/C(=O)NO)CC=C1. The Kier molecular flexibility index (Phi) is 8.35. The van der Waals surface area contributed by atoms with Crippen LogP contribution in [0.5, 0.6) is 0 Å². The number of hydrogen-bond acceptors (Lipinski definition) is 3. The quantitative estimate of drug-likeness (QED) is 0.276. The molecule has 0 saturated carbocycles. The molecule has 0 aromatic carbocycles. The van der Waals surface area contributed by atoms with E-state index in [0.29, 0.717) is 0 Å². The van der Waals surface area contributed by atoms with Gasteiger partial charge in [-0.25, -0.2) is 5.48 Å². The Hall–Kier alpha value is -1.65. The van der Waals surface area contributed by atoms with Crippen molar-refractivity contribution in [1.29, 1.82) is 0 Å². The Morgan fingerprint density at radius 3 is 3.00 bits per heavy atom. The molecular weight excluding hydrogens is 252 g/mol. The first kappa shape index (κ1) is 16.4. The first-order valence-electron chi connectivity index (χ1n) is 7.15. The van der Waals surface area contributed by atoms with Crippen LogP contribution < -0.4 is 10.8 Å². The molecule has 0 aromatic heterocycles. The van der Waals surface area contributed by atoms with E-state index in [-0.39, 0.29) is 0 Å². The molecule has 0 heterocycles. The van der Waals surface area contributed by atoms with Crippen LogP contribution in [0, 0.1) is 0 Å². The number of allylic oxidation sites excluding steroid dienone is 6. The first-order valence-corrected chi connectivity index (χ1v) is 7.15. The number of nitrogens with one attached hydrogen (secondary N) is 2. The van der Waals surface area contributed by atoms with Gasteiger partial charge in [0.2, 0.25) is 0 Å². The largest absolute Gasteiger partial charge is 0.316 e. The van der Waals surface area contributed by atoms with Crippen LogP contribution in [0.15, 0.2) is 47.6 Å². The summed E-state index contributed by atoms with van der Waals surface area (Å²) in [6.07, 6.45) is 15.6. The maximum atomic E-state index is 10.9. The lowest BCUT2D eigenvalue weighted by Gasteiger charge is -2.03. The number of hydroxylamine groups is 1. The molecule has 0 aliphatic heterocycles. The van der Waals surface area contributed by atoms with Crippen LogP contribution in [0.3, 0.4) is 0 Å². The predicted molar refractivity (Wildman–Crippen MR) is 81.4 cm³/mol. The van der Waals surface area contributed by atoms with E-state index < -0.39 is 5.91 Å². The summed E-state index contributed by atoms with van der Waals surface area (Å²) >= 11 is 0. The van der Waals surface area contributed by atoms with Crippen LogP contribution >= 0.6 is 0 Å². The van der Waals surface area contributed by atoms with Gasteiger partial charge in [0.1, 0.15) is 0 Å². The van der Waals surface area contributed by atoms with Gasteiger partial charge in [-0.1, -0.05) is 43.7 Å². The third-order valence-corrected chi connectivity index (χ3v) is 3.05. The van der Waals surface area contributed by atoms with Gasteiger partial charge in [0.25, 0.3) is 5.91 Å². The van der Waals surface area contributed by atoms with Crippen molar-refractivity contribution in [3.8, 4) is 0 Å². The molecule has 20 heavy (non-hydrogen) atoms. The summed E-state index contributed by atoms with van der Waals surface area (Å²) < 4.78 is 0. The third-order valence-electron chi connectivity index (χ3n) is 3.05.